The number of hydrogen-bond acceptors (Lipinski definition) is 5. The summed E-state index contributed by atoms with van der Waals surface area (Å²) in [5.74, 6) is -3.87. The number of aromatic carboxylic acids is 1. The molecule has 0 fully saturated rings. The third-order valence-corrected chi connectivity index (χ3v) is 2.50. The number of carboxylic acid groups (broad SMARTS) is 1. The van der Waals surface area contributed by atoms with Crippen LogP contribution in [0.15, 0.2) is 22.7 Å². The maximum Gasteiger partial charge on any atom is 0.335 e. The summed E-state index contributed by atoms with van der Waals surface area (Å²) in [5.41, 5.74) is -0.177. The Morgan fingerprint density at radius 2 is 1.95 bits per heavy atom. The van der Waals surface area contributed by atoms with Gasteiger partial charge in [-0.15, -0.1) is 0 Å². The number of rotatable bonds is 6. The van der Waals surface area contributed by atoms with Gasteiger partial charge in [0.2, 0.25) is 0 Å². The number of carboxylic acids is 1. The molecule has 0 atom stereocenters. The average molecular weight is 299 g/mol. The van der Waals surface area contributed by atoms with E-state index < -0.39 is 28.9 Å². The van der Waals surface area contributed by atoms with Gasteiger partial charge in [0.15, 0.2) is 23.1 Å². The van der Waals surface area contributed by atoms with Gasteiger partial charge in [-0.1, -0.05) is 5.16 Å². The Kier molecular flexibility index (Phi) is 4.49. The fraction of sp³-hybridized carbons (Fsp3) is 0.231. The summed E-state index contributed by atoms with van der Waals surface area (Å²) in [7, 11) is 1.48. The first-order valence-corrected chi connectivity index (χ1v) is 5.79. The highest BCUT2D eigenvalue weighted by Gasteiger charge is 2.16. The van der Waals surface area contributed by atoms with E-state index in [9.17, 15) is 13.6 Å². The van der Waals surface area contributed by atoms with Crippen LogP contribution in [0.25, 0.3) is 0 Å². The van der Waals surface area contributed by atoms with Gasteiger partial charge in [0, 0.05) is 13.2 Å². The van der Waals surface area contributed by atoms with Gasteiger partial charge in [-0.25, -0.2) is 13.6 Å². The second kappa shape index (κ2) is 6.31. The lowest BCUT2D eigenvalue weighted by Crippen LogP contribution is -2.04. The Hall–Kier alpha value is -2.48. The minimum atomic E-state index is -1.43. The largest absolute Gasteiger partial charge is 0.481 e. The summed E-state index contributed by atoms with van der Waals surface area (Å²) in [6, 6.07) is 2.88. The number of aromatic nitrogens is 1. The summed E-state index contributed by atoms with van der Waals surface area (Å²) in [5, 5.41) is 12.3. The number of hydrogen-bond donors (Lipinski definition) is 1. The summed E-state index contributed by atoms with van der Waals surface area (Å²) >= 11 is 0. The van der Waals surface area contributed by atoms with Gasteiger partial charge >= 0.3 is 5.97 Å². The number of ether oxygens (including phenoxy) is 2. The van der Waals surface area contributed by atoms with Gasteiger partial charge in [-0.05, 0) is 12.1 Å². The molecule has 0 spiro atoms. The van der Waals surface area contributed by atoms with Crippen LogP contribution in [-0.2, 0) is 18.0 Å². The van der Waals surface area contributed by atoms with Crippen molar-refractivity contribution < 1.29 is 32.7 Å². The standard InChI is InChI=1S/C13H11F2NO5/c1-19-6-9-4-8(16-21-9)5-20-12-10(14)2-7(13(17)18)3-11(12)15/h2-4H,5-6H2,1H3,(H,17,18). The van der Waals surface area contributed by atoms with Crippen molar-refractivity contribution in [3.05, 3.63) is 46.9 Å². The number of nitrogens with zero attached hydrogens (tertiary/aromatic N) is 1. The second-order valence-electron chi connectivity index (χ2n) is 4.08. The molecule has 8 heteroatoms. The highest BCUT2D eigenvalue weighted by Crippen LogP contribution is 2.24. The van der Waals surface area contributed by atoms with Crippen molar-refractivity contribution in [2.24, 2.45) is 0 Å². The molecule has 0 unspecified atom stereocenters. The van der Waals surface area contributed by atoms with E-state index in [1.54, 1.807) is 0 Å². The molecule has 0 radical (unpaired) electrons. The van der Waals surface area contributed by atoms with Crippen molar-refractivity contribution in [2.45, 2.75) is 13.2 Å². The lowest BCUT2D eigenvalue weighted by Gasteiger charge is -2.07. The molecule has 0 saturated carbocycles. The first-order chi connectivity index (χ1) is 10.0. The zero-order valence-electron chi connectivity index (χ0n) is 10.9. The van der Waals surface area contributed by atoms with Gasteiger partial charge in [-0.3, -0.25) is 0 Å². The van der Waals surface area contributed by atoms with Gasteiger partial charge in [-0.2, -0.15) is 0 Å². The SMILES string of the molecule is COCc1cc(COc2c(F)cc(C(=O)O)cc2F)no1. The van der Waals surface area contributed by atoms with E-state index in [-0.39, 0.29) is 13.2 Å². The summed E-state index contributed by atoms with van der Waals surface area (Å²) in [6.07, 6.45) is 0. The molecule has 0 amide bonds. The van der Waals surface area contributed by atoms with Crippen LogP contribution in [-0.4, -0.2) is 23.3 Å². The van der Waals surface area contributed by atoms with E-state index in [0.717, 1.165) is 0 Å². The van der Waals surface area contributed by atoms with Crippen molar-refractivity contribution >= 4 is 5.97 Å². The van der Waals surface area contributed by atoms with E-state index in [0.29, 0.717) is 23.6 Å². The first-order valence-electron chi connectivity index (χ1n) is 5.79. The molecule has 1 heterocycles. The fourth-order valence-electron chi connectivity index (χ4n) is 1.60. The van der Waals surface area contributed by atoms with E-state index in [2.05, 4.69) is 5.16 Å². The predicted molar refractivity (Wildman–Crippen MR) is 64.9 cm³/mol. The lowest BCUT2D eigenvalue weighted by atomic mass is 10.2. The highest BCUT2D eigenvalue weighted by atomic mass is 19.1. The molecular weight excluding hydrogens is 288 g/mol. The van der Waals surface area contributed by atoms with E-state index in [1.807, 2.05) is 0 Å². The lowest BCUT2D eigenvalue weighted by molar-refractivity contribution is 0.0695. The molecule has 112 valence electrons. The third-order valence-electron chi connectivity index (χ3n) is 2.50. The zero-order chi connectivity index (χ0) is 15.4. The first kappa shape index (κ1) is 14.9. The van der Waals surface area contributed by atoms with Crippen LogP contribution in [0.1, 0.15) is 21.8 Å². The molecular formula is C13H11F2NO5. The normalized spacial score (nSPS) is 10.6. The number of benzene rings is 1. The maximum atomic E-state index is 13.6. The van der Waals surface area contributed by atoms with Crippen LogP contribution >= 0.6 is 0 Å². The van der Waals surface area contributed by atoms with Crippen LogP contribution in [0.4, 0.5) is 8.78 Å². The molecule has 0 aliphatic carbocycles. The molecule has 6 nitrogen and oxygen atoms in total. The topological polar surface area (TPSA) is 81.8 Å². The second-order valence-corrected chi connectivity index (χ2v) is 4.08. The van der Waals surface area contributed by atoms with E-state index >= 15 is 0 Å². The zero-order valence-corrected chi connectivity index (χ0v) is 10.9. The average Bonchev–Trinajstić information content (AvgIpc) is 2.85. The van der Waals surface area contributed by atoms with Gasteiger partial charge in [0.1, 0.15) is 18.9 Å². The van der Waals surface area contributed by atoms with Crippen molar-refractivity contribution in [3.63, 3.8) is 0 Å². The Bertz CT molecular complexity index is 633. The molecule has 1 aromatic heterocycles. The van der Waals surface area contributed by atoms with E-state index in [4.69, 9.17) is 19.1 Å². The minimum absolute atomic E-state index is 0.211. The van der Waals surface area contributed by atoms with Crippen LogP contribution < -0.4 is 4.74 Å². The smallest absolute Gasteiger partial charge is 0.335 e. The Labute approximate surface area is 117 Å². The van der Waals surface area contributed by atoms with Gasteiger partial charge in [0.05, 0.1) is 5.56 Å². The quantitative estimate of drug-likeness (QED) is 0.882. The molecule has 0 saturated heterocycles. The number of halogens is 2. The van der Waals surface area contributed by atoms with Crippen LogP contribution in [0.3, 0.4) is 0 Å². The molecule has 21 heavy (non-hydrogen) atoms. The Morgan fingerprint density at radius 3 is 2.52 bits per heavy atom. The molecule has 0 aliphatic rings. The van der Waals surface area contributed by atoms with Crippen molar-refractivity contribution in [2.75, 3.05) is 7.11 Å². The number of methoxy groups -OCH3 is 1. The minimum Gasteiger partial charge on any atom is -0.481 e. The molecule has 0 aliphatic heterocycles. The highest BCUT2D eigenvalue weighted by molar-refractivity contribution is 5.87. The molecule has 1 aromatic carbocycles. The van der Waals surface area contributed by atoms with Crippen LogP contribution in [0.5, 0.6) is 5.75 Å². The monoisotopic (exact) mass is 299 g/mol. The summed E-state index contributed by atoms with van der Waals surface area (Å²) < 4.78 is 41.9. The summed E-state index contributed by atoms with van der Waals surface area (Å²) in [6.45, 7) is -0.0174. The third kappa shape index (κ3) is 3.54. The fourth-order valence-corrected chi connectivity index (χ4v) is 1.60. The van der Waals surface area contributed by atoms with Gasteiger partial charge < -0.3 is 19.1 Å². The van der Waals surface area contributed by atoms with Crippen molar-refractivity contribution in [3.8, 4) is 5.75 Å². The van der Waals surface area contributed by atoms with Crippen molar-refractivity contribution in [1.82, 2.24) is 5.16 Å². The van der Waals surface area contributed by atoms with E-state index in [1.165, 1.54) is 13.2 Å². The number of carbonyl (C=O) groups is 1. The Balaban J connectivity index is 2.10. The van der Waals surface area contributed by atoms with Crippen molar-refractivity contribution in [1.29, 1.82) is 0 Å². The molecule has 2 rings (SSSR count). The Morgan fingerprint density at radius 1 is 1.29 bits per heavy atom. The molecule has 1 N–H and O–H groups in total. The van der Waals surface area contributed by atoms with Gasteiger partial charge in [0.25, 0.3) is 0 Å². The van der Waals surface area contributed by atoms with Crippen LogP contribution in [0, 0.1) is 11.6 Å². The van der Waals surface area contributed by atoms with Crippen LogP contribution in [0.2, 0.25) is 0 Å². The molecule has 2 aromatic rings. The predicted octanol–water partition coefficient (Wildman–Crippen LogP) is 2.38. The summed E-state index contributed by atoms with van der Waals surface area (Å²) in [4.78, 5) is 10.7. The maximum absolute atomic E-state index is 13.6. The molecule has 0 bridgehead atoms.